The molecule has 0 aromatic heterocycles. The van der Waals surface area contributed by atoms with Crippen molar-refractivity contribution in [1.82, 2.24) is 0 Å². The second kappa shape index (κ2) is 7.95. The maximum atomic E-state index is 12.4. The predicted molar refractivity (Wildman–Crippen MR) is 101 cm³/mol. The minimum Gasteiger partial charge on any atom is -0.458 e. The van der Waals surface area contributed by atoms with Gasteiger partial charge >= 0.3 is 11.9 Å². The van der Waals surface area contributed by atoms with Crippen molar-refractivity contribution in [2.75, 3.05) is 0 Å². The fourth-order valence-electron chi connectivity index (χ4n) is 4.42. The first-order valence-corrected chi connectivity index (χ1v) is 9.66. The predicted octanol–water partition coefficient (Wildman–Crippen LogP) is 3.73. The number of ether oxygens (including phenoxy) is 2. The van der Waals surface area contributed by atoms with Crippen molar-refractivity contribution < 1.29 is 19.1 Å². The first kappa shape index (κ1) is 17.8. The van der Waals surface area contributed by atoms with Crippen LogP contribution in [-0.2, 0) is 31.9 Å². The number of fused-ring (bicyclic) bond motifs is 2. The first-order valence-electron chi connectivity index (χ1n) is 9.66. The topological polar surface area (TPSA) is 52.6 Å². The van der Waals surface area contributed by atoms with Gasteiger partial charge in [-0.3, -0.25) is 9.59 Å². The molecule has 0 N–H and O–H groups in total. The van der Waals surface area contributed by atoms with Gasteiger partial charge in [0.1, 0.15) is 12.2 Å². The highest BCUT2D eigenvalue weighted by Crippen LogP contribution is 2.47. The van der Waals surface area contributed by atoms with Crippen LogP contribution in [-0.4, -0.2) is 24.1 Å². The van der Waals surface area contributed by atoms with E-state index in [1.54, 1.807) is 0 Å². The molecule has 0 spiro atoms. The third-order valence-electron chi connectivity index (χ3n) is 5.68. The first-order chi connectivity index (χ1) is 13.2. The quantitative estimate of drug-likeness (QED) is 0.733. The molecule has 2 saturated carbocycles. The van der Waals surface area contributed by atoms with Crippen LogP contribution >= 0.6 is 0 Å². The summed E-state index contributed by atoms with van der Waals surface area (Å²) < 4.78 is 11.6. The van der Waals surface area contributed by atoms with Gasteiger partial charge in [-0.1, -0.05) is 60.7 Å². The van der Waals surface area contributed by atoms with Crippen LogP contribution in [0.2, 0.25) is 0 Å². The van der Waals surface area contributed by atoms with E-state index in [1.807, 2.05) is 60.7 Å². The van der Waals surface area contributed by atoms with E-state index in [1.165, 1.54) is 0 Å². The maximum Gasteiger partial charge on any atom is 0.310 e. The summed E-state index contributed by atoms with van der Waals surface area (Å²) in [5.41, 5.74) is 1.87. The van der Waals surface area contributed by atoms with Gasteiger partial charge in [-0.25, -0.2) is 0 Å². The second-order valence-corrected chi connectivity index (χ2v) is 7.57. The van der Waals surface area contributed by atoms with Crippen molar-refractivity contribution in [1.29, 1.82) is 0 Å². The van der Waals surface area contributed by atoms with Crippen molar-refractivity contribution in [2.24, 2.45) is 11.8 Å². The molecule has 4 atom stereocenters. The average Bonchev–Trinajstić information content (AvgIpc) is 3.26. The Hall–Kier alpha value is -2.62. The minimum absolute atomic E-state index is 0.247. The lowest BCUT2D eigenvalue weighted by atomic mass is 9.94. The molecule has 0 radical (unpaired) electrons. The van der Waals surface area contributed by atoms with Gasteiger partial charge in [0.25, 0.3) is 0 Å². The van der Waals surface area contributed by atoms with E-state index < -0.39 is 0 Å². The number of rotatable bonds is 6. The number of esters is 2. The van der Waals surface area contributed by atoms with Crippen molar-refractivity contribution in [3.8, 4) is 0 Å². The maximum absolute atomic E-state index is 12.4. The van der Waals surface area contributed by atoms with Crippen LogP contribution in [0.3, 0.4) is 0 Å². The van der Waals surface area contributed by atoms with Crippen molar-refractivity contribution in [3.05, 3.63) is 71.8 Å². The van der Waals surface area contributed by atoms with E-state index in [-0.39, 0.29) is 37.0 Å². The zero-order valence-corrected chi connectivity index (χ0v) is 15.3. The lowest BCUT2D eigenvalue weighted by Gasteiger charge is -2.30. The fraction of sp³-hybridized carbons (Fsp3) is 0.391. The van der Waals surface area contributed by atoms with E-state index in [0.717, 1.165) is 30.4 Å². The zero-order chi connectivity index (χ0) is 18.6. The van der Waals surface area contributed by atoms with Crippen LogP contribution in [0, 0.1) is 11.8 Å². The Bertz CT molecular complexity index is 719. The Morgan fingerprint density at radius 3 is 1.52 bits per heavy atom. The second-order valence-electron chi connectivity index (χ2n) is 7.57. The van der Waals surface area contributed by atoms with Gasteiger partial charge in [0.15, 0.2) is 0 Å². The summed E-state index contributed by atoms with van der Waals surface area (Å²) in [4.78, 5) is 24.8. The number of carbonyl (C=O) groups excluding carboxylic acids is 2. The van der Waals surface area contributed by atoms with E-state index in [9.17, 15) is 9.59 Å². The molecule has 4 rings (SSSR count). The van der Waals surface area contributed by atoms with Crippen LogP contribution < -0.4 is 0 Å². The largest absolute Gasteiger partial charge is 0.458 e. The molecule has 4 heteroatoms. The molecule has 4 unspecified atom stereocenters. The summed E-state index contributed by atoms with van der Waals surface area (Å²) in [6.45, 7) is 0. The molecule has 2 aromatic carbocycles. The summed E-state index contributed by atoms with van der Waals surface area (Å²) in [6.07, 6.45) is 2.95. The van der Waals surface area contributed by atoms with Crippen LogP contribution in [0.1, 0.15) is 30.4 Å². The van der Waals surface area contributed by atoms with Crippen LogP contribution in [0.5, 0.6) is 0 Å². The molecular weight excluding hydrogens is 340 g/mol. The van der Waals surface area contributed by atoms with Gasteiger partial charge in [-0.2, -0.15) is 0 Å². The molecule has 27 heavy (non-hydrogen) atoms. The lowest BCUT2D eigenvalue weighted by Crippen LogP contribution is -2.40. The smallest absolute Gasteiger partial charge is 0.310 e. The third-order valence-corrected chi connectivity index (χ3v) is 5.68. The molecule has 0 aliphatic heterocycles. The Morgan fingerprint density at radius 1 is 0.704 bits per heavy atom. The molecule has 2 aliphatic rings. The average molecular weight is 364 g/mol. The van der Waals surface area contributed by atoms with Crippen LogP contribution in [0.15, 0.2) is 60.7 Å². The molecule has 2 fully saturated rings. The Balaban J connectivity index is 1.37. The van der Waals surface area contributed by atoms with E-state index in [0.29, 0.717) is 11.8 Å². The Morgan fingerprint density at radius 2 is 1.11 bits per heavy atom. The highest BCUT2D eigenvalue weighted by molar-refractivity contribution is 5.74. The molecular formula is C23H24O4. The third kappa shape index (κ3) is 4.21. The summed E-state index contributed by atoms with van der Waals surface area (Å²) in [7, 11) is 0. The van der Waals surface area contributed by atoms with Gasteiger partial charge in [-0.15, -0.1) is 0 Å². The lowest BCUT2D eigenvalue weighted by molar-refractivity contribution is -0.172. The van der Waals surface area contributed by atoms with E-state index in [4.69, 9.17) is 9.47 Å². The summed E-state index contributed by atoms with van der Waals surface area (Å²) in [6, 6.07) is 19.2. The standard InChI is InChI=1S/C23H24O4/c24-20(13-16-7-3-1-4-8-16)26-22-18-11-12-19(15-18)23(22)27-21(25)14-17-9-5-2-6-10-17/h1-10,18-19,22-23H,11-15H2. The molecule has 0 amide bonds. The molecule has 2 aliphatic carbocycles. The number of carbonyl (C=O) groups is 2. The monoisotopic (exact) mass is 364 g/mol. The van der Waals surface area contributed by atoms with E-state index in [2.05, 4.69) is 0 Å². The molecule has 0 heterocycles. The molecule has 2 aromatic rings. The summed E-state index contributed by atoms with van der Waals surface area (Å²) in [5, 5.41) is 0. The van der Waals surface area contributed by atoms with E-state index >= 15 is 0 Å². The molecule has 4 nitrogen and oxygen atoms in total. The highest BCUT2D eigenvalue weighted by atomic mass is 16.6. The SMILES string of the molecule is O=C(Cc1ccccc1)OC1C2CCC(C2)C1OC(=O)Cc1ccccc1. The van der Waals surface area contributed by atoms with Crippen molar-refractivity contribution in [2.45, 2.75) is 44.3 Å². The van der Waals surface area contributed by atoms with Crippen molar-refractivity contribution >= 4 is 11.9 Å². The number of benzene rings is 2. The Kier molecular flexibility index (Phi) is 5.23. The number of hydrogen-bond acceptors (Lipinski definition) is 4. The molecule has 2 bridgehead atoms. The van der Waals surface area contributed by atoms with Crippen LogP contribution in [0.25, 0.3) is 0 Å². The normalized spacial score (nSPS) is 25.9. The zero-order valence-electron chi connectivity index (χ0n) is 15.3. The summed E-state index contributed by atoms with van der Waals surface area (Å²) in [5.74, 6) is 0.124. The number of hydrogen-bond donors (Lipinski definition) is 0. The van der Waals surface area contributed by atoms with Gasteiger partial charge in [0.2, 0.25) is 0 Å². The highest BCUT2D eigenvalue weighted by Gasteiger charge is 2.51. The van der Waals surface area contributed by atoms with Gasteiger partial charge in [0.05, 0.1) is 12.8 Å². The van der Waals surface area contributed by atoms with Gasteiger partial charge in [0, 0.05) is 11.8 Å². The van der Waals surface area contributed by atoms with Crippen LogP contribution in [0.4, 0.5) is 0 Å². The fourth-order valence-corrected chi connectivity index (χ4v) is 4.42. The van der Waals surface area contributed by atoms with Gasteiger partial charge < -0.3 is 9.47 Å². The summed E-state index contributed by atoms with van der Waals surface area (Å²) >= 11 is 0. The Labute approximate surface area is 159 Å². The minimum atomic E-state index is -0.306. The molecule has 0 saturated heterocycles. The molecule has 140 valence electrons. The van der Waals surface area contributed by atoms with Crippen molar-refractivity contribution in [3.63, 3.8) is 0 Å². The van der Waals surface area contributed by atoms with Gasteiger partial charge in [-0.05, 0) is 30.4 Å².